The van der Waals surface area contributed by atoms with Crippen molar-refractivity contribution in [2.75, 3.05) is 26.2 Å². The zero-order valence-corrected chi connectivity index (χ0v) is 17.8. The van der Waals surface area contributed by atoms with E-state index in [9.17, 15) is 22.8 Å². The Labute approximate surface area is 188 Å². The van der Waals surface area contributed by atoms with Crippen LogP contribution in [0.1, 0.15) is 35.2 Å². The fourth-order valence-electron chi connectivity index (χ4n) is 5.09. The van der Waals surface area contributed by atoms with Crippen molar-refractivity contribution in [3.63, 3.8) is 0 Å². The highest BCUT2D eigenvalue weighted by atomic mass is 19.4. The van der Waals surface area contributed by atoms with Crippen LogP contribution in [0.25, 0.3) is 0 Å². The minimum absolute atomic E-state index is 0.0625. The molecule has 12 heteroatoms. The number of rotatable bonds is 6. The molecule has 0 spiro atoms. The topological polar surface area (TPSA) is 107 Å². The van der Waals surface area contributed by atoms with Crippen LogP contribution in [0.4, 0.5) is 13.2 Å². The van der Waals surface area contributed by atoms with Gasteiger partial charge in [-0.05, 0) is 43.4 Å². The van der Waals surface area contributed by atoms with Gasteiger partial charge in [-0.1, -0.05) is 6.07 Å². The number of hydrazine groups is 1. The van der Waals surface area contributed by atoms with Gasteiger partial charge in [0, 0.05) is 24.7 Å². The molecular weight excluding hydrogens is 443 g/mol. The van der Waals surface area contributed by atoms with Crippen LogP contribution in [-0.2, 0) is 20.5 Å². The van der Waals surface area contributed by atoms with E-state index in [2.05, 4.69) is 21.5 Å². The molecule has 1 aromatic rings. The first-order chi connectivity index (χ1) is 15.8. The number of carbonyl (C=O) groups is 2. The Bertz CT molecular complexity index is 925. The monoisotopic (exact) mass is 469 g/mol. The number of hydrogen-bond acceptors (Lipinski definition) is 7. The third-order valence-corrected chi connectivity index (χ3v) is 6.95. The summed E-state index contributed by atoms with van der Waals surface area (Å²) in [6.07, 6.45) is -1.69. The predicted octanol–water partition coefficient (Wildman–Crippen LogP) is 0.539. The zero-order chi connectivity index (χ0) is 23.2. The highest BCUT2D eigenvalue weighted by molar-refractivity contribution is 5.96. The van der Waals surface area contributed by atoms with Gasteiger partial charge in [-0.2, -0.15) is 18.2 Å². The number of benzene rings is 1. The van der Waals surface area contributed by atoms with Gasteiger partial charge in [0.2, 0.25) is 5.91 Å². The lowest BCUT2D eigenvalue weighted by Crippen LogP contribution is -2.68. The Balaban J connectivity index is 1.08. The number of hydrogen-bond donors (Lipinski definition) is 4. The van der Waals surface area contributed by atoms with E-state index in [0.717, 1.165) is 44.0 Å². The number of carbonyl (C=O) groups excluding carboxylic acids is 2. The summed E-state index contributed by atoms with van der Waals surface area (Å²) < 4.78 is 44.5. The second-order valence-electron chi connectivity index (χ2n) is 8.95. The summed E-state index contributed by atoms with van der Waals surface area (Å²) in [4.78, 5) is 29.7. The summed E-state index contributed by atoms with van der Waals surface area (Å²) in [7, 11) is 0. The van der Waals surface area contributed by atoms with Crippen molar-refractivity contribution in [3.8, 4) is 0 Å². The minimum Gasteiger partial charge on any atom is -0.349 e. The quantitative estimate of drug-likeness (QED) is 0.451. The smallest absolute Gasteiger partial charge is 0.349 e. The van der Waals surface area contributed by atoms with E-state index < -0.39 is 17.6 Å². The average molecular weight is 469 g/mol. The fraction of sp³-hybridized carbons (Fsp3) is 0.619. The molecule has 4 aliphatic rings. The fourth-order valence-corrected chi connectivity index (χ4v) is 5.09. The van der Waals surface area contributed by atoms with Crippen LogP contribution in [0, 0.1) is 5.92 Å². The van der Waals surface area contributed by atoms with Gasteiger partial charge in [0.15, 0.2) is 5.72 Å². The summed E-state index contributed by atoms with van der Waals surface area (Å²) in [5.41, 5.74) is 1.58. The molecule has 4 fully saturated rings. The maximum Gasteiger partial charge on any atom is 0.416 e. The molecule has 2 amide bonds. The molecule has 3 saturated heterocycles. The van der Waals surface area contributed by atoms with Gasteiger partial charge in [0.25, 0.3) is 5.91 Å². The van der Waals surface area contributed by atoms with Gasteiger partial charge < -0.3 is 20.7 Å². The molecule has 3 aliphatic heterocycles. The van der Waals surface area contributed by atoms with Crippen LogP contribution in [-0.4, -0.2) is 67.0 Å². The van der Waals surface area contributed by atoms with Gasteiger partial charge in [-0.15, -0.1) is 5.59 Å². The Morgan fingerprint density at radius 3 is 2.82 bits per heavy atom. The molecule has 0 aromatic heterocycles. The van der Waals surface area contributed by atoms with Crippen LogP contribution in [0.15, 0.2) is 24.3 Å². The Morgan fingerprint density at radius 1 is 1.30 bits per heavy atom. The summed E-state index contributed by atoms with van der Waals surface area (Å²) in [5.74, 6) is -0.750. The first-order valence-electron chi connectivity index (χ1n) is 11.1. The standard InChI is InChI=1S/C21H26F3N5O4/c22-21(23,24)14-3-1-2-13(8-14)19(31)26-11-17(30)27-15-10-25-18(15)12-4-5-20(16(9-12)33-20)29-6-7-32-28-29/h1-3,8,12,15-16,18,25,28H,4-7,9-11H2,(H,26,31)(H,27,30). The normalized spacial score (nSPS) is 33.7. The van der Waals surface area contributed by atoms with Crippen molar-refractivity contribution in [2.24, 2.45) is 5.92 Å². The van der Waals surface area contributed by atoms with E-state index in [-0.39, 0.29) is 41.9 Å². The van der Waals surface area contributed by atoms with Crippen molar-refractivity contribution in [3.05, 3.63) is 35.4 Å². The van der Waals surface area contributed by atoms with Crippen LogP contribution in [0.2, 0.25) is 0 Å². The molecule has 4 N–H and O–H groups in total. The largest absolute Gasteiger partial charge is 0.416 e. The number of fused-ring (bicyclic) bond motifs is 1. The maximum atomic E-state index is 12.8. The van der Waals surface area contributed by atoms with Gasteiger partial charge in [0.05, 0.1) is 24.8 Å². The molecule has 1 aliphatic carbocycles. The lowest BCUT2D eigenvalue weighted by molar-refractivity contribution is -0.137. The van der Waals surface area contributed by atoms with Crippen LogP contribution >= 0.6 is 0 Å². The minimum atomic E-state index is -4.54. The van der Waals surface area contributed by atoms with E-state index in [4.69, 9.17) is 9.57 Å². The highest BCUT2D eigenvalue weighted by Crippen LogP contribution is 2.52. The maximum absolute atomic E-state index is 12.8. The molecule has 1 saturated carbocycles. The predicted molar refractivity (Wildman–Crippen MR) is 108 cm³/mol. The lowest BCUT2D eigenvalue weighted by Gasteiger charge is -2.45. The lowest BCUT2D eigenvalue weighted by atomic mass is 9.76. The van der Waals surface area contributed by atoms with Crippen LogP contribution < -0.4 is 21.5 Å². The highest BCUT2D eigenvalue weighted by Gasteiger charge is 2.64. The molecular formula is C21H26F3N5O4. The molecule has 5 rings (SSSR count). The molecule has 3 heterocycles. The SMILES string of the molecule is O=C(CNC(=O)c1cccc(C(F)(F)F)c1)NC1CNC1C1CCC2(N3CCON3)OC2C1. The van der Waals surface area contributed by atoms with E-state index in [1.165, 1.54) is 6.07 Å². The molecule has 5 atom stereocenters. The third kappa shape index (κ3) is 4.45. The van der Waals surface area contributed by atoms with Crippen LogP contribution in [0.5, 0.6) is 0 Å². The second-order valence-corrected chi connectivity index (χ2v) is 8.95. The Hall–Kier alpha value is -2.25. The average Bonchev–Trinajstić information content (AvgIpc) is 3.23. The number of alkyl halides is 3. The van der Waals surface area contributed by atoms with E-state index in [1.54, 1.807) is 0 Å². The Kier molecular flexibility index (Phi) is 5.81. The number of epoxide rings is 1. The summed E-state index contributed by atoms with van der Waals surface area (Å²) in [5, 5.41) is 10.7. The van der Waals surface area contributed by atoms with Crippen molar-refractivity contribution < 1.29 is 32.3 Å². The van der Waals surface area contributed by atoms with Gasteiger partial charge in [0.1, 0.15) is 6.10 Å². The molecule has 1 aromatic carbocycles. The van der Waals surface area contributed by atoms with Gasteiger partial charge in [-0.3, -0.25) is 14.4 Å². The first kappa shape index (κ1) is 22.5. The van der Waals surface area contributed by atoms with E-state index >= 15 is 0 Å². The summed E-state index contributed by atoms with van der Waals surface area (Å²) in [6, 6.07) is 4.17. The number of amides is 2. The second kappa shape index (κ2) is 8.51. The number of halogens is 3. The molecule has 0 bridgehead atoms. The number of nitrogens with one attached hydrogen (secondary N) is 4. The van der Waals surface area contributed by atoms with Crippen molar-refractivity contribution in [1.82, 2.24) is 26.5 Å². The molecule has 180 valence electrons. The molecule has 9 nitrogen and oxygen atoms in total. The number of ether oxygens (including phenoxy) is 1. The van der Waals surface area contributed by atoms with Gasteiger partial charge >= 0.3 is 6.18 Å². The summed E-state index contributed by atoms with van der Waals surface area (Å²) in [6.45, 7) is 1.74. The zero-order valence-electron chi connectivity index (χ0n) is 17.8. The van der Waals surface area contributed by atoms with Gasteiger partial charge in [-0.25, -0.2) is 0 Å². The third-order valence-electron chi connectivity index (χ3n) is 6.95. The molecule has 5 unspecified atom stereocenters. The Morgan fingerprint density at radius 2 is 2.15 bits per heavy atom. The molecule has 33 heavy (non-hydrogen) atoms. The van der Waals surface area contributed by atoms with E-state index in [0.29, 0.717) is 19.1 Å². The van der Waals surface area contributed by atoms with Crippen LogP contribution in [0.3, 0.4) is 0 Å². The van der Waals surface area contributed by atoms with Crippen molar-refractivity contribution >= 4 is 11.8 Å². The summed E-state index contributed by atoms with van der Waals surface area (Å²) >= 11 is 0. The number of nitrogens with zero attached hydrogens (tertiary/aromatic N) is 1. The van der Waals surface area contributed by atoms with E-state index in [1.807, 2.05) is 5.01 Å². The first-order valence-corrected chi connectivity index (χ1v) is 11.1. The van der Waals surface area contributed by atoms with Crippen molar-refractivity contribution in [2.45, 2.75) is 49.4 Å². The molecule has 0 radical (unpaired) electrons. The van der Waals surface area contributed by atoms with Crippen molar-refractivity contribution in [1.29, 1.82) is 0 Å².